The van der Waals surface area contributed by atoms with Gasteiger partial charge >= 0.3 is 0 Å². The summed E-state index contributed by atoms with van der Waals surface area (Å²) in [7, 11) is 1.77. The molecule has 0 amide bonds. The Morgan fingerprint density at radius 1 is 1.62 bits per heavy atom. The number of aryl methyl sites for hydroxylation is 1. The van der Waals surface area contributed by atoms with Crippen LogP contribution in [-0.4, -0.2) is 44.8 Å². The largest absolute Gasteiger partial charge is 0.378 e. The van der Waals surface area contributed by atoms with Crippen molar-refractivity contribution >= 4 is 17.5 Å². The third kappa shape index (κ3) is 1.73. The van der Waals surface area contributed by atoms with Gasteiger partial charge in [-0.3, -0.25) is 0 Å². The van der Waals surface area contributed by atoms with Gasteiger partial charge in [0.15, 0.2) is 0 Å². The Morgan fingerprint density at radius 3 is 3.00 bits per heavy atom. The first kappa shape index (κ1) is 8.71. The Balaban J connectivity index is 2.01. The smallest absolute Gasteiger partial charge is 0.242 e. The fourth-order valence-corrected chi connectivity index (χ4v) is 1.40. The van der Waals surface area contributed by atoms with Crippen molar-refractivity contribution in [2.75, 3.05) is 18.5 Å². The van der Waals surface area contributed by atoms with Crippen LogP contribution in [0.15, 0.2) is 0 Å². The highest BCUT2D eigenvalue weighted by Gasteiger charge is 2.27. The summed E-state index contributed by atoms with van der Waals surface area (Å²) in [4.78, 5) is 0. The van der Waals surface area contributed by atoms with Gasteiger partial charge in [-0.15, -0.1) is 11.6 Å². The van der Waals surface area contributed by atoms with Gasteiger partial charge in [-0.25, -0.2) is 4.68 Å². The minimum atomic E-state index is -0.0169. The second-order valence-electron chi connectivity index (χ2n) is 2.93. The number of anilines is 1. The zero-order chi connectivity index (χ0) is 9.26. The summed E-state index contributed by atoms with van der Waals surface area (Å²) < 4.78 is 6.74. The van der Waals surface area contributed by atoms with Gasteiger partial charge in [0.05, 0.1) is 24.6 Å². The Bertz CT molecular complexity index is 290. The second-order valence-corrected chi connectivity index (χ2v) is 3.49. The number of nitrogens with zero attached hydrogens (tertiary/aromatic N) is 4. The van der Waals surface area contributed by atoms with Gasteiger partial charge in [-0.05, 0) is 10.4 Å². The molecule has 72 valence electrons. The van der Waals surface area contributed by atoms with Gasteiger partial charge in [-0.2, -0.15) is 0 Å². The quantitative estimate of drug-likeness (QED) is 0.665. The fourth-order valence-electron chi connectivity index (χ4n) is 1.18. The Morgan fingerprint density at radius 2 is 2.46 bits per heavy atom. The van der Waals surface area contributed by atoms with E-state index in [1.165, 1.54) is 0 Å². The molecule has 0 spiro atoms. The van der Waals surface area contributed by atoms with Crippen molar-refractivity contribution in [3.63, 3.8) is 0 Å². The summed E-state index contributed by atoms with van der Waals surface area (Å²) in [5.74, 6) is 0.612. The standard InChI is InChI=1S/C6H10ClN5O/c1-12-6(9-10-11-12)8-5-3-13-2-4(5)7/h4-5H,2-3H2,1H3,(H,8,9,11). The molecule has 2 atom stereocenters. The molecular formula is C6H10ClN5O. The average Bonchev–Trinajstić information content (AvgIpc) is 2.65. The highest BCUT2D eigenvalue weighted by atomic mass is 35.5. The number of ether oxygens (including phenoxy) is 1. The molecule has 0 saturated carbocycles. The minimum Gasteiger partial charge on any atom is -0.378 e. The van der Waals surface area contributed by atoms with Gasteiger partial charge in [-0.1, -0.05) is 5.10 Å². The molecule has 2 heterocycles. The fraction of sp³-hybridized carbons (Fsp3) is 0.833. The Hall–Kier alpha value is -0.880. The van der Waals surface area contributed by atoms with E-state index in [4.69, 9.17) is 16.3 Å². The lowest BCUT2D eigenvalue weighted by molar-refractivity contribution is 0.196. The Labute approximate surface area is 80.2 Å². The molecule has 1 aromatic heterocycles. The van der Waals surface area contributed by atoms with Crippen LogP contribution in [0.4, 0.5) is 5.95 Å². The van der Waals surface area contributed by atoms with E-state index in [1.807, 2.05) is 0 Å². The van der Waals surface area contributed by atoms with Crippen LogP contribution in [0.2, 0.25) is 0 Å². The summed E-state index contributed by atoms with van der Waals surface area (Å²) in [6, 6.07) is 0.0892. The van der Waals surface area contributed by atoms with Crippen LogP contribution in [-0.2, 0) is 11.8 Å². The zero-order valence-corrected chi connectivity index (χ0v) is 7.90. The molecule has 1 aliphatic rings. The van der Waals surface area contributed by atoms with E-state index in [1.54, 1.807) is 11.7 Å². The lowest BCUT2D eigenvalue weighted by Gasteiger charge is -2.12. The highest BCUT2D eigenvalue weighted by Crippen LogP contribution is 2.15. The number of alkyl halides is 1. The maximum Gasteiger partial charge on any atom is 0.242 e. The number of tetrazole rings is 1. The SMILES string of the molecule is Cn1nnnc1NC1COCC1Cl. The maximum absolute atomic E-state index is 5.98. The van der Waals surface area contributed by atoms with E-state index in [2.05, 4.69) is 20.8 Å². The predicted molar refractivity (Wildman–Crippen MR) is 46.7 cm³/mol. The van der Waals surface area contributed by atoms with Crippen LogP contribution in [0.5, 0.6) is 0 Å². The molecule has 2 rings (SSSR count). The first-order valence-electron chi connectivity index (χ1n) is 3.98. The van der Waals surface area contributed by atoms with Crippen molar-refractivity contribution in [1.82, 2.24) is 20.2 Å². The number of hydrogen-bond acceptors (Lipinski definition) is 5. The first-order valence-corrected chi connectivity index (χ1v) is 4.41. The van der Waals surface area contributed by atoms with Crippen LogP contribution >= 0.6 is 11.6 Å². The maximum atomic E-state index is 5.98. The molecule has 0 bridgehead atoms. The first-order chi connectivity index (χ1) is 6.27. The zero-order valence-electron chi connectivity index (χ0n) is 7.14. The molecule has 0 aliphatic carbocycles. The molecule has 0 radical (unpaired) electrons. The topological polar surface area (TPSA) is 64.9 Å². The summed E-state index contributed by atoms with van der Waals surface area (Å²) >= 11 is 5.98. The van der Waals surface area contributed by atoms with Crippen molar-refractivity contribution < 1.29 is 4.74 Å². The molecule has 6 nitrogen and oxygen atoms in total. The van der Waals surface area contributed by atoms with E-state index in [-0.39, 0.29) is 11.4 Å². The summed E-state index contributed by atoms with van der Waals surface area (Å²) in [6.07, 6.45) is 0. The molecule has 1 aliphatic heterocycles. The number of aromatic nitrogens is 4. The Kier molecular flexibility index (Phi) is 2.32. The van der Waals surface area contributed by atoms with Gasteiger partial charge in [0.25, 0.3) is 0 Å². The summed E-state index contributed by atoms with van der Waals surface area (Å²) in [5.41, 5.74) is 0. The van der Waals surface area contributed by atoms with Crippen molar-refractivity contribution in [2.24, 2.45) is 7.05 Å². The predicted octanol–water partition coefficient (Wildman–Crippen LogP) is -0.372. The van der Waals surface area contributed by atoms with Crippen LogP contribution in [0.1, 0.15) is 0 Å². The normalized spacial score (nSPS) is 27.8. The molecule has 1 fully saturated rings. The summed E-state index contributed by atoms with van der Waals surface area (Å²) in [5, 5.41) is 14.1. The molecule has 13 heavy (non-hydrogen) atoms. The summed E-state index contributed by atoms with van der Waals surface area (Å²) in [6.45, 7) is 1.17. The molecule has 2 unspecified atom stereocenters. The van der Waals surface area contributed by atoms with Crippen molar-refractivity contribution in [3.05, 3.63) is 0 Å². The van der Waals surface area contributed by atoms with Crippen LogP contribution < -0.4 is 5.32 Å². The second kappa shape index (κ2) is 3.47. The van der Waals surface area contributed by atoms with Crippen molar-refractivity contribution in [3.8, 4) is 0 Å². The van der Waals surface area contributed by atoms with Crippen molar-refractivity contribution in [1.29, 1.82) is 0 Å². The van der Waals surface area contributed by atoms with E-state index in [0.717, 1.165) is 0 Å². The van der Waals surface area contributed by atoms with Gasteiger partial charge in [0.2, 0.25) is 5.95 Å². The van der Waals surface area contributed by atoms with Crippen LogP contribution in [0, 0.1) is 0 Å². The molecule has 1 saturated heterocycles. The number of rotatable bonds is 2. The van der Waals surface area contributed by atoms with Gasteiger partial charge in [0, 0.05) is 7.05 Å². The minimum absolute atomic E-state index is 0.0169. The van der Waals surface area contributed by atoms with E-state index in [9.17, 15) is 0 Å². The number of nitrogens with one attached hydrogen (secondary N) is 1. The lowest BCUT2D eigenvalue weighted by Crippen LogP contribution is -2.29. The molecule has 1 N–H and O–H groups in total. The molecule has 0 aromatic carbocycles. The van der Waals surface area contributed by atoms with Crippen molar-refractivity contribution in [2.45, 2.75) is 11.4 Å². The van der Waals surface area contributed by atoms with Crippen LogP contribution in [0.25, 0.3) is 0 Å². The highest BCUT2D eigenvalue weighted by molar-refractivity contribution is 6.21. The number of halogens is 1. The average molecular weight is 204 g/mol. The van der Waals surface area contributed by atoms with E-state index in [0.29, 0.717) is 19.2 Å². The molecule has 1 aromatic rings. The van der Waals surface area contributed by atoms with Gasteiger partial charge < -0.3 is 10.1 Å². The lowest BCUT2D eigenvalue weighted by atomic mass is 10.2. The molecule has 7 heteroatoms. The third-order valence-electron chi connectivity index (χ3n) is 1.95. The van der Waals surface area contributed by atoms with Crippen LogP contribution in [0.3, 0.4) is 0 Å². The molecular weight excluding hydrogens is 194 g/mol. The monoisotopic (exact) mass is 203 g/mol. The number of hydrogen-bond donors (Lipinski definition) is 1. The van der Waals surface area contributed by atoms with E-state index < -0.39 is 0 Å². The third-order valence-corrected chi connectivity index (χ3v) is 2.38. The van der Waals surface area contributed by atoms with Gasteiger partial charge in [0.1, 0.15) is 0 Å². The van der Waals surface area contributed by atoms with E-state index >= 15 is 0 Å².